The number of nitrogens with one attached hydrogen (secondary N) is 1. The third kappa shape index (κ3) is 5.12. The van der Waals surface area contributed by atoms with Crippen molar-refractivity contribution >= 4 is 21.9 Å². The zero-order chi connectivity index (χ0) is 16.2. The molecule has 1 aromatic rings. The minimum absolute atomic E-state index is 0.0240. The summed E-state index contributed by atoms with van der Waals surface area (Å²) in [5.74, 6) is -1.78. The van der Waals surface area contributed by atoms with Gasteiger partial charge in [-0.05, 0) is 24.5 Å². The summed E-state index contributed by atoms with van der Waals surface area (Å²) in [5.41, 5.74) is -0.0240. The van der Waals surface area contributed by atoms with Crippen LogP contribution < -0.4 is 10.5 Å². The van der Waals surface area contributed by atoms with E-state index in [2.05, 4.69) is 10.3 Å². The first-order valence-corrected chi connectivity index (χ1v) is 7.68. The summed E-state index contributed by atoms with van der Waals surface area (Å²) in [6, 6.07) is 1.22. The molecule has 1 amide bonds. The molecular weight excluding hydrogens is 298 g/mol. The molecule has 21 heavy (non-hydrogen) atoms. The maximum atomic E-state index is 12.0. The maximum Gasteiger partial charge on any atom is 0.326 e. The van der Waals surface area contributed by atoms with Gasteiger partial charge in [0.2, 0.25) is 0 Å². The normalized spacial score (nSPS) is 13.0. The van der Waals surface area contributed by atoms with Gasteiger partial charge in [-0.25, -0.2) is 23.3 Å². The summed E-state index contributed by atoms with van der Waals surface area (Å²) in [6.45, 7) is 3.65. The Morgan fingerprint density at radius 3 is 2.52 bits per heavy atom. The first kappa shape index (κ1) is 17.1. The number of nitrogens with two attached hydrogens (primary N) is 1. The summed E-state index contributed by atoms with van der Waals surface area (Å²) in [4.78, 5) is 26.6. The molecule has 0 saturated carbocycles. The van der Waals surface area contributed by atoms with Crippen molar-refractivity contribution in [3.8, 4) is 0 Å². The molecule has 1 heterocycles. The van der Waals surface area contributed by atoms with E-state index in [-0.39, 0.29) is 17.9 Å². The van der Waals surface area contributed by atoms with Gasteiger partial charge >= 0.3 is 5.97 Å². The van der Waals surface area contributed by atoms with Crippen molar-refractivity contribution in [2.75, 3.05) is 0 Å². The van der Waals surface area contributed by atoms with Crippen LogP contribution in [-0.4, -0.2) is 36.4 Å². The van der Waals surface area contributed by atoms with Crippen LogP contribution in [0.1, 0.15) is 30.6 Å². The lowest BCUT2D eigenvalue weighted by Crippen LogP contribution is -2.41. The molecule has 8 nitrogen and oxygen atoms in total. The number of aromatic nitrogens is 1. The number of primary sulfonamides is 1. The Bertz CT molecular complexity index is 642. The van der Waals surface area contributed by atoms with Gasteiger partial charge in [-0.1, -0.05) is 13.8 Å². The summed E-state index contributed by atoms with van der Waals surface area (Å²) in [7, 11) is -4.03. The molecule has 4 N–H and O–H groups in total. The Morgan fingerprint density at radius 2 is 2.05 bits per heavy atom. The number of carbonyl (C=O) groups excluding carboxylic acids is 1. The molecule has 0 saturated heterocycles. The molecule has 0 aliphatic heterocycles. The summed E-state index contributed by atoms with van der Waals surface area (Å²) < 4.78 is 22.3. The number of hydrogen-bond acceptors (Lipinski definition) is 5. The van der Waals surface area contributed by atoms with Crippen molar-refractivity contribution in [1.29, 1.82) is 0 Å². The maximum absolute atomic E-state index is 12.0. The fourth-order valence-corrected chi connectivity index (χ4v) is 2.14. The molecule has 0 unspecified atom stereocenters. The van der Waals surface area contributed by atoms with E-state index in [0.717, 1.165) is 12.3 Å². The molecule has 116 valence electrons. The smallest absolute Gasteiger partial charge is 0.326 e. The Balaban J connectivity index is 2.96. The number of rotatable bonds is 6. The molecule has 0 spiro atoms. The number of carbonyl (C=O) groups is 2. The second kappa shape index (κ2) is 6.64. The van der Waals surface area contributed by atoms with Gasteiger partial charge in [0.15, 0.2) is 5.03 Å². The minimum Gasteiger partial charge on any atom is -0.480 e. The van der Waals surface area contributed by atoms with Gasteiger partial charge in [0.25, 0.3) is 15.9 Å². The molecule has 0 aromatic carbocycles. The van der Waals surface area contributed by atoms with Crippen LogP contribution in [0.15, 0.2) is 23.4 Å². The lowest BCUT2D eigenvalue weighted by molar-refractivity contribution is -0.139. The van der Waals surface area contributed by atoms with Gasteiger partial charge < -0.3 is 10.4 Å². The summed E-state index contributed by atoms with van der Waals surface area (Å²) in [5, 5.41) is 15.9. The van der Waals surface area contributed by atoms with E-state index < -0.39 is 33.0 Å². The van der Waals surface area contributed by atoms with Crippen LogP contribution >= 0.6 is 0 Å². The molecule has 0 aliphatic rings. The van der Waals surface area contributed by atoms with Crippen molar-refractivity contribution in [1.82, 2.24) is 10.3 Å². The third-order valence-corrected chi connectivity index (χ3v) is 3.41. The number of amides is 1. The highest BCUT2D eigenvalue weighted by Crippen LogP contribution is 2.09. The predicted molar refractivity (Wildman–Crippen MR) is 74.0 cm³/mol. The zero-order valence-corrected chi connectivity index (χ0v) is 12.4. The quantitative estimate of drug-likeness (QED) is 0.673. The van der Waals surface area contributed by atoms with Crippen molar-refractivity contribution < 1.29 is 23.1 Å². The van der Waals surface area contributed by atoms with Gasteiger partial charge in [0, 0.05) is 11.8 Å². The van der Waals surface area contributed by atoms with E-state index in [1.54, 1.807) is 0 Å². The average Bonchev–Trinajstić information content (AvgIpc) is 2.36. The Hall–Kier alpha value is -2.00. The van der Waals surface area contributed by atoms with Crippen molar-refractivity contribution in [2.45, 2.75) is 31.3 Å². The highest BCUT2D eigenvalue weighted by Gasteiger charge is 2.22. The van der Waals surface area contributed by atoms with Crippen LogP contribution in [-0.2, 0) is 14.8 Å². The van der Waals surface area contributed by atoms with E-state index in [0.29, 0.717) is 0 Å². The highest BCUT2D eigenvalue weighted by molar-refractivity contribution is 7.89. The first-order chi connectivity index (χ1) is 9.61. The van der Waals surface area contributed by atoms with Gasteiger partial charge in [0.05, 0.1) is 0 Å². The Morgan fingerprint density at radius 1 is 1.43 bits per heavy atom. The predicted octanol–water partition coefficient (Wildman–Crippen LogP) is -0.0419. The largest absolute Gasteiger partial charge is 0.480 e. The van der Waals surface area contributed by atoms with Crippen molar-refractivity contribution in [3.63, 3.8) is 0 Å². The molecule has 0 fully saturated rings. The number of pyridine rings is 1. The number of carboxylic acid groups (broad SMARTS) is 1. The SMILES string of the molecule is CC(C)C[C@H](NC(=O)c1ccnc(S(N)(=O)=O)c1)C(=O)O. The number of nitrogens with zero attached hydrogens (tertiary/aromatic N) is 1. The fourth-order valence-electron chi connectivity index (χ4n) is 1.64. The van der Waals surface area contributed by atoms with Crippen LogP contribution in [0.25, 0.3) is 0 Å². The second-order valence-corrected chi connectivity index (χ2v) is 6.43. The molecular formula is C12H17N3O5S. The van der Waals surface area contributed by atoms with Crippen LogP contribution in [0.2, 0.25) is 0 Å². The Labute approximate surface area is 122 Å². The van der Waals surface area contributed by atoms with Crippen LogP contribution in [0, 0.1) is 5.92 Å². The molecule has 1 rings (SSSR count). The van der Waals surface area contributed by atoms with Gasteiger partial charge in [-0.3, -0.25) is 4.79 Å². The zero-order valence-electron chi connectivity index (χ0n) is 11.6. The molecule has 0 bridgehead atoms. The lowest BCUT2D eigenvalue weighted by atomic mass is 10.0. The monoisotopic (exact) mass is 315 g/mol. The van der Waals surface area contributed by atoms with Crippen LogP contribution in [0.4, 0.5) is 0 Å². The van der Waals surface area contributed by atoms with Crippen molar-refractivity contribution in [3.05, 3.63) is 23.9 Å². The number of aliphatic carboxylic acids is 1. The van der Waals surface area contributed by atoms with E-state index >= 15 is 0 Å². The van der Waals surface area contributed by atoms with Crippen LogP contribution in [0.3, 0.4) is 0 Å². The summed E-state index contributed by atoms with van der Waals surface area (Å²) >= 11 is 0. The van der Waals surface area contributed by atoms with Gasteiger partial charge in [-0.15, -0.1) is 0 Å². The number of sulfonamides is 1. The first-order valence-electron chi connectivity index (χ1n) is 6.13. The van der Waals surface area contributed by atoms with Gasteiger partial charge in [-0.2, -0.15) is 0 Å². The standard InChI is InChI=1S/C12H17N3O5S/c1-7(2)5-9(12(17)18)15-11(16)8-3-4-14-10(6-8)21(13,19)20/h3-4,6-7,9H,5H2,1-2H3,(H,15,16)(H,17,18)(H2,13,19,20)/t9-/m0/s1. The topological polar surface area (TPSA) is 139 Å². The van der Waals surface area contributed by atoms with Gasteiger partial charge in [0.1, 0.15) is 6.04 Å². The molecule has 9 heteroatoms. The number of hydrogen-bond donors (Lipinski definition) is 3. The Kier molecular flexibility index (Phi) is 5.39. The van der Waals surface area contributed by atoms with Crippen LogP contribution in [0.5, 0.6) is 0 Å². The average molecular weight is 315 g/mol. The fraction of sp³-hybridized carbons (Fsp3) is 0.417. The van der Waals surface area contributed by atoms with E-state index in [9.17, 15) is 18.0 Å². The van der Waals surface area contributed by atoms with E-state index in [1.165, 1.54) is 6.07 Å². The highest BCUT2D eigenvalue weighted by atomic mass is 32.2. The minimum atomic E-state index is -4.03. The van der Waals surface area contributed by atoms with E-state index in [4.69, 9.17) is 10.2 Å². The summed E-state index contributed by atoms with van der Waals surface area (Å²) in [6.07, 6.45) is 1.38. The van der Waals surface area contributed by atoms with E-state index in [1.807, 2.05) is 13.8 Å². The second-order valence-electron chi connectivity index (χ2n) is 4.92. The third-order valence-electron chi connectivity index (χ3n) is 2.60. The van der Waals surface area contributed by atoms with Crippen molar-refractivity contribution in [2.24, 2.45) is 11.1 Å². The lowest BCUT2D eigenvalue weighted by Gasteiger charge is -2.16. The molecule has 0 aliphatic carbocycles. The molecule has 1 aromatic heterocycles. The molecule has 0 radical (unpaired) electrons. The molecule has 1 atom stereocenters. The number of carboxylic acids is 1.